The number of carbonyl (C=O) groups is 1. The Morgan fingerprint density at radius 1 is 1.13 bits per heavy atom. The Kier molecular flexibility index (Phi) is 72.9. The summed E-state index contributed by atoms with van der Waals surface area (Å²) in [4.78, 5) is 10.3. The number of carbonyl (C=O) groups excluding carboxylic acids is 1. The Morgan fingerprint density at radius 3 is 1.47 bits per heavy atom. The number of hydrogen-bond donors (Lipinski definition) is 0. The molecule has 0 spiro atoms. The van der Waals surface area contributed by atoms with Crippen molar-refractivity contribution >= 4 is 17.4 Å². The molecule has 0 bridgehead atoms. The van der Waals surface area contributed by atoms with Crippen LogP contribution in [0.2, 0.25) is 0 Å². The van der Waals surface area contributed by atoms with E-state index in [1.165, 1.54) is 6.42 Å². The van der Waals surface area contributed by atoms with Crippen molar-refractivity contribution in [1.29, 1.82) is 0 Å². The van der Waals surface area contributed by atoms with Crippen molar-refractivity contribution in [2.45, 2.75) is 0 Å². The predicted octanol–water partition coefficient (Wildman–Crippen LogP) is 1.13. The van der Waals surface area contributed by atoms with E-state index in [0.717, 1.165) is 0 Å². The monoisotopic (exact) mass is 270 g/mol. The fourth-order valence-corrected chi connectivity index (χ4v) is 0.343. The SMILES string of the molecule is [C-]#[O+].[C-]#[O+].[C-]#[O+].[CH2][C]([CH2])[CH]C(=O)CCl.[Fe]. The van der Waals surface area contributed by atoms with E-state index in [4.69, 9.17) is 25.6 Å². The van der Waals surface area contributed by atoms with Gasteiger partial charge in [-0.2, -0.15) is 0 Å². The van der Waals surface area contributed by atoms with Gasteiger partial charge >= 0.3 is 33.9 Å². The second-order valence-electron chi connectivity index (χ2n) is 1.40. The van der Waals surface area contributed by atoms with Crippen LogP contribution in [-0.4, -0.2) is 11.7 Å². The van der Waals surface area contributed by atoms with E-state index in [0.29, 0.717) is 5.92 Å². The Hall–Kier alpha value is -0.301. The van der Waals surface area contributed by atoms with Gasteiger partial charge in [-0.25, -0.2) is 0 Å². The van der Waals surface area contributed by atoms with E-state index in [9.17, 15) is 4.79 Å². The van der Waals surface area contributed by atoms with Gasteiger partial charge in [0.15, 0.2) is 5.78 Å². The molecule has 82 valence electrons. The number of hydrogen-bond acceptors (Lipinski definition) is 1. The molecular weight excluding hydrogens is 263 g/mol. The summed E-state index contributed by atoms with van der Waals surface area (Å²) in [6.07, 6.45) is 1.31. The van der Waals surface area contributed by atoms with Crippen molar-refractivity contribution < 1.29 is 35.8 Å². The molecule has 0 aromatic rings. The zero-order valence-electron chi connectivity index (χ0n) is 7.56. The minimum absolute atomic E-state index is 0. The third kappa shape index (κ3) is 57.7. The predicted molar refractivity (Wildman–Crippen MR) is 45.8 cm³/mol. The zero-order chi connectivity index (χ0) is 12.6. The van der Waals surface area contributed by atoms with Gasteiger partial charge in [0.25, 0.3) is 0 Å². The normalized spacial score (nSPS) is 5.73. The van der Waals surface area contributed by atoms with Crippen LogP contribution in [0.5, 0.6) is 0 Å². The van der Waals surface area contributed by atoms with E-state index in [-0.39, 0.29) is 28.7 Å². The molecule has 0 saturated carbocycles. The maximum Gasteiger partial charge on any atom is 0.151 e. The fourth-order valence-electron chi connectivity index (χ4n) is 0.266. The maximum absolute atomic E-state index is 10.3. The Morgan fingerprint density at radius 2 is 1.40 bits per heavy atom. The van der Waals surface area contributed by atoms with Gasteiger partial charge in [0.2, 0.25) is 0 Å². The summed E-state index contributed by atoms with van der Waals surface area (Å²) in [7, 11) is 0. The van der Waals surface area contributed by atoms with E-state index in [1.807, 2.05) is 0 Å². The molecule has 0 saturated heterocycles. The third-order valence-electron chi connectivity index (χ3n) is 0.497. The first kappa shape index (κ1) is 29.3. The van der Waals surface area contributed by atoms with Crippen LogP contribution in [-0.2, 0) is 35.8 Å². The standard InChI is InChI=1S/C6H7ClO.3CO.Fe/c1-5(2)3-6(8)4-7;3*1-2;/h3H,1-2,4H2;;;;. The van der Waals surface area contributed by atoms with Crippen LogP contribution >= 0.6 is 11.6 Å². The average molecular weight is 270 g/mol. The molecule has 0 aliphatic heterocycles. The molecule has 15 heavy (non-hydrogen) atoms. The number of rotatable bonds is 3. The van der Waals surface area contributed by atoms with Crippen LogP contribution in [0.15, 0.2) is 0 Å². The van der Waals surface area contributed by atoms with E-state index < -0.39 is 0 Å². The van der Waals surface area contributed by atoms with Crippen LogP contribution in [0, 0.1) is 46.1 Å². The van der Waals surface area contributed by atoms with Gasteiger partial charge in [0, 0.05) is 23.5 Å². The Balaban J connectivity index is -0.0000000410. The molecule has 6 heteroatoms. The molecule has 0 fully saturated rings. The maximum atomic E-state index is 10.3. The summed E-state index contributed by atoms with van der Waals surface area (Å²) in [5.41, 5.74) is 0. The van der Waals surface area contributed by atoms with Crippen LogP contribution in [0.25, 0.3) is 0 Å². The summed E-state index contributed by atoms with van der Waals surface area (Å²) in [5.74, 6) is 0.358. The first-order valence-corrected chi connectivity index (χ1v) is 3.26. The van der Waals surface area contributed by atoms with Crippen LogP contribution in [0.1, 0.15) is 0 Å². The number of alkyl halides is 1. The van der Waals surface area contributed by atoms with Crippen molar-refractivity contribution in [3.8, 4) is 0 Å². The summed E-state index contributed by atoms with van der Waals surface area (Å²) in [6, 6.07) is 0. The van der Waals surface area contributed by atoms with Gasteiger partial charge in [-0.15, -0.1) is 11.6 Å². The summed E-state index contributed by atoms with van der Waals surface area (Å²) < 4.78 is 22.5. The second-order valence-corrected chi connectivity index (χ2v) is 1.67. The molecule has 0 aliphatic carbocycles. The summed E-state index contributed by atoms with van der Waals surface area (Å²) >= 11 is 5.15. The van der Waals surface area contributed by atoms with Crippen LogP contribution in [0.3, 0.4) is 0 Å². The Bertz CT molecular complexity index is 160. The van der Waals surface area contributed by atoms with E-state index >= 15 is 0 Å². The molecule has 4 radical (unpaired) electrons. The summed E-state index contributed by atoms with van der Waals surface area (Å²) in [6.45, 7) is 20.3. The molecule has 0 aromatic heterocycles. The quantitative estimate of drug-likeness (QED) is 0.328. The molecular formula is C9H7ClFeO4. The number of halogens is 1. The minimum atomic E-state index is -0.147. The van der Waals surface area contributed by atoms with Gasteiger partial charge in [-0.05, 0) is 19.8 Å². The molecule has 0 aromatic carbocycles. The van der Waals surface area contributed by atoms with Crippen LogP contribution < -0.4 is 0 Å². The van der Waals surface area contributed by atoms with Gasteiger partial charge in [0.05, 0.1) is 5.88 Å². The van der Waals surface area contributed by atoms with Crippen LogP contribution in [0.4, 0.5) is 0 Å². The Labute approximate surface area is 105 Å². The molecule has 0 rings (SSSR count). The minimum Gasteiger partial charge on any atom is -0.298 e. The van der Waals surface area contributed by atoms with Gasteiger partial charge in [0.1, 0.15) is 0 Å². The molecule has 0 amide bonds. The fraction of sp³-hybridized carbons (Fsp3) is 0.111. The number of ketones is 1. The third-order valence-corrected chi connectivity index (χ3v) is 0.760. The molecule has 0 N–H and O–H groups in total. The van der Waals surface area contributed by atoms with Crippen molar-refractivity contribution in [1.82, 2.24) is 0 Å². The average Bonchev–Trinajstić information content (AvgIpc) is 2.25. The topological polar surface area (TPSA) is 76.8 Å². The van der Waals surface area contributed by atoms with Crippen molar-refractivity contribution in [3.63, 3.8) is 0 Å². The first-order chi connectivity index (χ1) is 6.66. The molecule has 0 atom stereocenters. The van der Waals surface area contributed by atoms with Crippen molar-refractivity contribution in [3.05, 3.63) is 46.1 Å². The molecule has 4 nitrogen and oxygen atoms in total. The van der Waals surface area contributed by atoms with Gasteiger partial charge in [-0.3, -0.25) is 4.79 Å². The largest absolute Gasteiger partial charge is 0.298 e. The van der Waals surface area contributed by atoms with Crippen molar-refractivity contribution in [2.75, 3.05) is 5.88 Å². The zero-order valence-corrected chi connectivity index (χ0v) is 9.42. The summed E-state index contributed by atoms with van der Waals surface area (Å²) in [5, 5.41) is 0. The van der Waals surface area contributed by atoms with Gasteiger partial charge < -0.3 is 0 Å². The van der Waals surface area contributed by atoms with E-state index in [2.05, 4.69) is 33.8 Å². The second kappa shape index (κ2) is 37.3. The first-order valence-electron chi connectivity index (χ1n) is 2.72. The molecule has 0 unspecified atom stereocenters. The van der Waals surface area contributed by atoms with E-state index in [1.54, 1.807) is 0 Å². The van der Waals surface area contributed by atoms with Crippen molar-refractivity contribution in [2.24, 2.45) is 0 Å². The van der Waals surface area contributed by atoms with Gasteiger partial charge in [-0.1, -0.05) is 0 Å². The molecule has 0 heterocycles. The smallest absolute Gasteiger partial charge is 0.151 e. The number of Topliss-reactive ketones (excluding diaryl/α,β-unsaturated/α-hetero) is 1. The molecule has 0 aliphatic rings.